The van der Waals surface area contributed by atoms with E-state index in [1.54, 1.807) is 12.1 Å². The summed E-state index contributed by atoms with van der Waals surface area (Å²) in [6, 6.07) is 16.7. The number of carbonyl (C=O) groups excluding carboxylic acids is 1. The third kappa shape index (κ3) is 3.75. The Balaban J connectivity index is 1.36. The molecule has 0 radical (unpaired) electrons. The number of thiophene rings is 1. The number of benzene rings is 2. The summed E-state index contributed by atoms with van der Waals surface area (Å²) in [6.45, 7) is 4.80. The molecule has 1 amide bonds. The van der Waals surface area contributed by atoms with Crippen molar-refractivity contribution in [3.05, 3.63) is 70.2 Å². The van der Waals surface area contributed by atoms with E-state index in [1.807, 2.05) is 59.0 Å². The molecule has 0 unspecified atom stereocenters. The van der Waals surface area contributed by atoms with E-state index in [4.69, 9.17) is 11.6 Å². The summed E-state index contributed by atoms with van der Waals surface area (Å²) in [5.41, 5.74) is 2.83. The van der Waals surface area contributed by atoms with Crippen LogP contribution in [-0.4, -0.2) is 51.9 Å². The largest absolute Gasteiger partial charge is 0.508 e. The van der Waals surface area contributed by atoms with Gasteiger partial charge in [-0.3, -0.25) is 4.79 Å². The molecular weight excluding hydrogens is 432 g/mol. The maximum absolute atomic E-state index is 13.2. The minimum Gasteiger partial charge on any atom is -0.508 e. The normalized spacial score (nSPS) is 14.4. The highest BCUT2D eigenvalue weighted by Crippen LogP contribution is 2.32. The van der Waals surface area contributed by atoms with Crippen molar-refractivity contribution in [2.75, 3.05) is 31.1 Å². The smallest absolute Gasteiger partial charge is 0.264 e. The first-order valence-electron chi connectivity index (χ1n) is 10.1. The lowest BCUT2D eigenvalue weighted by Crippen LogP contribution is -2.48. The molecule has 0 saturated carbocycles. The third-order valence-electron chi connectivity index (χ3n) is 5.59. The topological polar surface area (TPSA) is 61.6 Å². The lowest BCUT2D eigenvalue weighted by molar-refractivity contribution is 0.0751. The lowest BCUT2D eigenvalue weighted by atomic mass is 10.2. The SMILES string of the molecule is Cc1nn(-c2cccc(Cl)c2)c2sc(C(=O)N3CCN(c4ccc(O)cc4)CC3)cc12. The summed E-state index contributed by atoms with van der Waals surface area (Å²) in [5, 5.41) is 15.8. The Bertz CT molecular complexity index is 1260. The zero-order chi connectivity index (χ0) is 21.5. The number of fused-ring (bicyclic) bond motifs is 1. The van der Waals surface area contributed by atoms with Gasteiger partial charge in [-0.1, -0.05) is 17.7 Å². The van der Waals surface area contributed by atoms with Crippen molar-refractivity contribution in [1.82, 2.24) is 14.7 Å². The zero-order valence-electron chi connectivity index (χ0n) is 17.0. The molecule has 1 saturated heterocycles. The van der Waals surface area contributed by atoms with Crippen LogP contribution in [0.3, 0.4) is 0 Å². The van der Waals surface area contributed by atoms with Crippen LogP contribution in [0.2, 0.25) is 5.02 Å². The van der Waals surface area contributed by atoms with Crippen molar-refractivity contribution in [3.63, 3.8) is 0 Å². The number of piperazine rings is 1. The fourth-order valence-corrected chi connectivity index (χ4v) is 5.26. The number of aryl methyl sites for hydroxylation is 1. The molecule has 8 heteroatoms. The predicted molar refractivity (Wildman–Crippen MR) is 125 cm³/mol. The van der Waals surface area contributed by atoms with Gasteiger partial charge in [0.25, 0.3) is 5.91 Å². The molecule has 1 aliphatic rings. The first-order valence-corrected chi connectivity index (χ1v) is 11.3. The van der Waals surface area contributed by atoms with Gasteiger partial charge in [0, 0.05) is 42.3 Å². The molecule has 1 N–H and O–H groups in total. The van der Waals surface area contributed by atoms with E-state index in [2.05, 4.69) is 10.00 Å². The van der Waals surface area contributed by atoms with Crippen LogP contribution in [0.4, 0.5) is 5.69 Å². The Morgan fingerprint density at radius 1 is 1.03 bits per heavy atom. The lowest BCUT2D eigenvalue weighted by Gasteiger charge is -2.36. The number of carbonyl (C=O) groups is 1. The monoisotopic (exact) mass is 452 g/mol. The van der Waals surface area contributed by atoms with Crippen LogP contribution in [0.25, 0.3) is 15.9 Å². The van der Waals surface area contributed by atoms with Crippen molar-refractivity contribution in [3.8, 4) is 11.4 Å². The molecular formula is C23H21ClN4O2S. The molecule has 2 aromatic heterocycles. The van der Waals surface area contributed by atoms with Gasteiger partial charge in [-0.15, -0.1) is 11.3 Å². The molecule has 31 heavy (non-hydrogen) atoms. The molecule has 0 atom stereocenters. The Kier molecular flexibility index (Phi) is 5.08. The van der Waals surface area contributed by atoms with Crippen LogP contribution < -0.4 is 4.90 Å². The minimum absolute atomic E-state index is 0.0589. The fourth-order valence-electron chi connectivity index (χ4n) is 3.92. The first kappa shape index (κ1) is 19.9. The van der Waals surface area contributed by atoms with E-state index < -0.39 is 0 Å². The summed E-state index contributed by atoms with van der Waals surface area (Å²) in [7, 11) is 0. The standard InChI is InChI=1S/C23H21ClN4O2S/c1-15-20-14-21(31-23(20)28(25-15)18-4-2-3-16(24)13-18)22(30)27-11-9-26(10-12-27)17-5-7-19(29)8-6-17/h2-8,13-14,29H,9-12H2,1H3. The van der Waals surface area contributed by atoms with Crippen molar-refractivity contribution in [2.24, 2.45) is 0 Å². The fraction of sp³-hybridized carbons (Fsp3) is 0.217. The van der Waals surface area contributed by atoms with E-state index >= 15 is 0 Å². The van der Waals surface area contributed by atoms with Gasteiger partial charge >= 0.3 is 0 Å². The summed E-state index contributed by atoms with van der Waals surface area (Å²) in [5.74, 6) is 0.317. The molecule has 158 valence electrons. The van der Waals surface area contributed by atoms with E-state index in [0.29, 0.717) is 18.1 Å². The zero-order valence-corrected chi connectivity index (χ0v) is 18.5. The first-order chi connectivity index (χ1) is 15.0. The van der Waals surface area contributed by atoms with Crippen LogP contribution in [-0.2, 0) is 0 Å². The molecule has 2 aromatic carbocycles. The molecule has 0 bridgehead atoms. The van der Waals surface area contributed by atoms with Gasteiger partial charge in [0.2, 0.25) is 0 Å². The van der Waals surface area contributed by atoms with Gasteiger partial charge < -0.3 is 14.9 Å². The molecule has 4 aromatic rings. The van der Waals surface area contributed by atoms with E-state index in [9.17, 15) is 9.90 Å². The van der Waals surface area contributed by atoms with Crippen LogP contribution >= 0.6 is 22.9 Å². The van der Waals surface area contributed by atoms with E-state index in [-0.39, 0.29) is 11.7 Å². The number of aromatic nitrogens is 2. The number of nitrogens with zero attached hydrogens (tertiary/aromatic N) is 4. The van der Waals surface area contributed by atoms with E-state index in [1.165, 1.54) is 11.3 Å². The summed E-state index contributed by atoms with van der Waals surface area (Å²) < 4.78 is 1.86. The van der Waals surface area contributed by atoms with Crippen LogP contribution in [0.5, 0.6) is 5.75 Å². The van der Waals surface area contributed by atoms with Crippen LogP contribution in [0.15, 0.2) is 54.6 Å². The number of hydrogen-bond donors (Lipinski definition) is 1. The number of aromatic hydroxyl groups is 1. The number of phenols is 1. The molecule has 0 aliphatic carbocycles. The van der Waals surface area contributed by atoms with Crippen molar-refractivity contribution in [1.29, 1.82) is 0 Å². The average molecular weight is 453 g/mol. The molecule has 0 spiro atoms. The Labute approximate surface area is 188 Å². The average Bonchev–Trinajstić information content (AvgIpc) is 3.34. The highest BCUT2D eigenvalue weighted by Gasteiger charge is 2.25. The third-order valence-corrected chi connectivity index (χ3v) is 6.92. The van der Waals surface area contributed by atoms with Crippen LogP contribution in [0, 0.1) is 6.92 Å². The van der Waals surface area contributed by atoms with Crippen LogP contribution in [0.1, 0.15) is 15.4 Å². The predicted octanol–water partition coefficient (Wildman–Crippen LogP) is 4.72. The number of amides is 1. The highest BCUT2D eigenvalue weighted by molar-refractivity contribution is 7.20. The quantitative estimate of drug-likeness (QED) is 0.488. The number of rotatable bonds is 3. The van der Waals surface area contributed by atoms with Gasteiger partial charge in [-0.25, -0.2) is 4.68 Å². The number of anilines is 1. The molecule has 1 aliphatic heterocycles. The highest BCUT2D eigenvalue weighted by atomic mass is 35.5. The number of halogens is 1. The van der Waals surface area contributed by atoms with Gasteiger partial charge in [0.1, 0.15) is 10.6 Å². The second-order valence-corrected chi connectivity index (χ2v) is 9.07. The van der Waals surface area contributed by atoms with Crippen molar-refractivity contribution in [2.45, 2.75) is 6.92 Å². The molecule has 5 rings (SSSR count). The number of phenolic OH excluding ortho intramolecular Hbond substituents is 1. The Morgan fingerprint density at radius 2 is 1.77 bits per heavy atom. The van der Waals surface area contributed by atoms with Gasteiger partial charge in [-0.2, -0.15) is 5.10 Å². The summed E-state index contributed by atoms with van der Waals surface area (Å²) in [4.78, 5) is 19.0. The molecule has 6 nitrogen and oxygen atoms in total. The maximum Gasteiger partial charge on any atom is 0.264 e. The van der Waals surface area contributed by atoms with Crippen molar-refractivity contribution < 1.29 is 9.90 Å². The summed E-state index contributed by atoms with van der Waals surface area (Å²) >= 11 is 7.63. The Morgan fingerprint density at radius 3 is 2.48 bits per heavy atom. The number of hydrogen-bond acceptors (Lipinski definition) is 5. The van der Waals surface area contributed by atoms with Gasteiger partial charge in [0.15, 0.2) is 0 Å². The second-order valence-electron chi connectivity index (χ2n) is 7.60. The second kappa shape index (κ2) is 7.90. The maximum atomic E-state index is 13.2. The Hall–Kier alpha value is -3.03. The summed E-state index contributed by atoms with van der Waals surface area (Å²) in [6.07, 6.45) is 0. The van der Waals surface area contributed by atoms with Crippen molar-refractivity contribution >= 4 is 44.7 Å². The molecule has 3 heterocycles. The minimum atomic E-state index is 0.0589. The van der Waals surface area contributed by atoms with Gasteiger partial charge in [0.05, 0.1) is 16.3 Å². The van der Waals surface area contributed by atoms with E-state index in [0.717, 1.165) is 45.3 Å². The molecule has 1 fully saturated rings. The van der Waals surface area contributed by atoms with Gasteiger partial charge in [-0.05, 0) is 55.5 Å².